The van der Waals surface area contributed by atoms with E-state index < -0.39 is 0 Å². The van der Waals surface area contributed by atoms with Crippen LogP contribution in [-0.4, -0.2) is 9.97 Å². The Morgan fingerprint density at radius 2 is 1.05 bits per heavy atom. The van der Waals surface area contributed by atoms with Crippen molar-refractivity contribution in [2.24, 2.45) is 0 Å². The lowest BCUT2D eigenvalue weighted by Crippen LogP contribution is -1.86. The Kier molecular flexibility index (Phi) is 3.05. The van der Waals surface area contributed by atoms with Gasteiger partial charge < -0.3 is 0 Å². The zero-order valence-electron chi connectivity index (χ0n) is 11.2. The quantitative estimate of drug-likeness (QED) is 0.523. The van der Waals surface area contributed by atoms with Gasteiger partial charge in [-0.1, -0.05) is 48.5 Å². The average Bonchev–Trinajstić information content (AvgIpc) is 2.56. The molecule has 0 fully saturated rings. The highest BCUT2D eigenvalue weighted by molar-refractivity contribution is 7.99. The summed E-state index contributed by atoms with van der Waals surface area (Å²) in [5, 5.41) is 6.74. The summed E-state index contributed by atoms with van der Waals surface area (Å²) < 4.78 is 0. The summed E-state index contributed by atoms with van der Waals surface area (Å²) in [5.74, 6) is 0. The summed E-state index contributed by atoms with van der Waals surface area (Å²) >= 11 is 1.62. The number of rotatable bonds is 2. The molecule has 2 heterocycles. The predicted octanol–water partition coefficient (Wildman–Crippen LogP) is 4.93. The molecule has 0 aliphatic heterocycles. The van der Waals surface area contributed by atoms with Crippen LogP contribution in [0.4, 0.5) is 0 Å². The molecule has 0 N–H and O–H groups in total. The first kappa shape index (κ1) is 12.4. The van der Waals surface area contributed by atoms with Gasteiger partial charge in [0.15, 0.2) is 0 Å². The molecule has 4 rings (SSSR count). The molecule has 0 unspecified atom stereocenters. The number of benzene rings is 2. The molecule has 0 aliphatic rings. The van der Waals surface area contributed by atoms with Crippen LogP contribution in [-0.2, 0) is 0 Å². The maximum atomic E-state index is 4.53. The van der Waals surface area contributed by atoms with E-state index in [2.05, 4.69) is 34.2 Å². The fourth-order valence-electron chi connectivity index (χ4n) is 2.44. The molecule has 0 bridgehead atoms. The van der Waals surface area contributed by atoms with Crippen LogP contribution in [0.25, 0.3) is 21.5 Å². The zero-order valence-corrected chi connectivity index (χ0v) is 12.0. The second-order valence-electron chi connectivity index (χ2n) is 4.78. The lowest BCUT2D eigenvalue weighted by atomic mass is 10.2. The van der Waals surface area contributed by atoms with E-state index in [1.54, 1.807) is 11.8 Å². The Hall–Kier alpha value is -2.39. The van der Waals surface area contributed by atoms with Crippen molar-refractivity contribution < 1.29 is 0 Å². The molecule has 0 amide bonds. The highest BCUT2D eigenvalue weighted by Gasteiger charge is 2.08. The van der Waals surface area contributed by atoms with Gasteiger partial charge >= 0.3 is 0 Å². The summed E-state index contributed by atoms with van der Waals surface area (Å²) in [6.45, 7) is 0. The van der Waals surface area contributed by atoms with Crippen LogP contribution in [0.3, 0.4) is 0 Å². The second kappa shape index (κ2) is 5.19. The number of aromatic nitrogens is 2. The fraction of sp³-hybridized carbons (Fsp3) is 0. The number of fused-ring (bicyclic) bond motifs is 2. The first-order chi connectivity index (χ1) is 10.4. The van der Waals surface area contributed by atoms with Crippen molar-refractivity contribution in [3.05, 3.63) is 73.1 Å². The van der Waals surface area contributed by atoms with Crippen LogP contribution in [0.1, 0.15) is 0 Å². The Balaban J connectivity index is 1.87. The van der Waals surface area contributed by atoms with Gasteiger partial charge in [0.2, 0.25) is 0 Å². The minimum Gasteiger partial charge on any atom is -0.249 e. The van der Waals surface area contributed by atoms with E-state index in [1.165, 1.54) is 21.5 Å². The zero-order chi connectivity index (χ0) is 14.1. The monoisotopic (exact) mass is 288 g/mol. The van der Waals surface area contributed by atoms with Crippen molar-refractivity contribution in [1.82, 2.24) is 9.97 Å². The molecule has 4 aromatic rings. The van der Waals surface area contributed by atoms with Crippen molar-refractivity contribution >= 4 is 33.3 Å². The number of pyridine rings is 2. The largest absolute Gasteiger partial charge is 0.249 e. The smallest absolute Gasteiger partial charge is 0.110 e. The Bertz CT molecular complexity index is 846. The number of hydrogen-bond donors (Lipinski definition) is 0. The minimum absolute atomic E-state index is 0.997. The molecular weight excluding hydrogens is 276 g/mol. The van der Waals surface area contributed by atoms with Crippen LogP contribution in [0.15, 0.2) is 83.1 Å². The first-order valence-corrected chi connectivity index (χ1v) is 7.59. The van der Waals surface area contributed by atoms with Crippen LogP contribution >= 0.6 is 11.8 Å². The van der Waals surface area contributed by atoms with Gasteiger partial charge in [0.05, 0.1) is 0 Å². The average molecular weight is 288 g/mol. The van der Waals surface area contributed by atoms with Gasteiger partial charge in [0.1, 0.15) is 10.1 Å². The molecule has 0 saturated heterocycles. The van der Waals surface area contributed by atoms with E-state index in [4.69, 9.17) is 0 Å². The molecule has 2 aromatic carbocycles. The maximum absolute atomic E-state index is 4.53. The number of hydrogen-bond acceptors (Lipinski definition) is 3. The Morgan fingerprint density at radius 1 is 0.571 bits per heavy atom. The fourth-order valence-corrected chi connectivity index (χ4v) is 3.44. The van der Waals surface area contributed by atoms with E-state index in [1.807, 2.05) is 48.8 Å². The molecule has 0 saturated carbocycles. The maximum Gasteiger partial charge on any atom is 0.110 e. The van der Waals surface area contributed by atoms with Gasteiger partial charge in [-0.2, -0.15) is 0 Å². The SMILES string of the molecule is c1ccc2c(Sc3nccc4ccccc34)nccc2c1. The van der Waals surface area contributed by atoms with Crippen molar-refractivity contribution in [2.75, 3.05) is 0 Å². The van der Waals surface area contributed by atoms with Gasteiger partial charge in [0, 0.05) is 23.2 Å². The lowest BCUT2D eigenvalue weighted by Gasteiger charge is -2.07. The minimum atomic E-state index is 0.997. The summed E-state index contributed by atoms with van der Waals surface area (Å²) in [6.07, 6.45) is 3.71. The van der Waals surface area contributed by atoms with Crippen LogP contribution in [0, 0.1) is 0 Å². The van der Waals surface area contributed by atoms with E-state index in [-0.39, 0.29) is 0 Å². The van der Waals surface area contributed by atoms with E-state index >= 15 is 0 Å². The molecule has 0 radical (unpaired) electrons. The van der Waals surface area contributed by atoms with Crippen molar-refractivity contribution in [1.29, 1.82) is 0 Å². The first-order valence-electron chi connectivity index (χ1n) is 6.77. The molecule has 21 heavy (non-hydrogen) atoms. The molecule has 0 atom stereocenters. The van der Waals surface area contributed by atoms with Crippen molar-refractivity contribution in [3.8, 4) is 0 Å². The summed E-state index contributed by atoms with van der Waals surface area (Å²) in [6, 6.07) is 20.7. The summed E-state index contributed by atoms with van der Waals surface area (Å²) in [7, 11) is 0. The molecular formula is C18H12N2S. The molecule has 0 spiro atoms. The normalized spacial score (nSPS) is 11.0. The van der Waals surface area contributed by atoms with Gasteiger partial charge in [-0.05, 0) is 34.7 Å². The second-order valence-corrected chi connectivity index (χ2v) is 5.75. The lowest BCUT2D eigenvalue weighted by molar-refractivity contribution is 1.14. The molecule has 3 heteroatoms. The van der Waals surface area contributed by atoms with E-state index in [9.17, 15) is 0 Å². The highest BCUT2D eigenvalue weighted by Crippen LogP contribution is 2.34. The van der Waals surface area contributed by atoms with Gasteiger partial charge in [-0.15, -0.1) is 0 Å². The van der Waals surface area contributed by atoms with E-state index in [0.717, 1.165) is 10.1 Å². The van der Waals surface area contributed by atoms with Gasteiger partial charge in [-0.3, -0.25) is 0 Å². The van der Waals surface area contributed by atoms with Gasteiger partial charge in [-0.25, -0.2) is 9.97 Å². The third-order valence-electron chi connectivity index (χ3n) is 3.47. The topological polar surface area (TPSA) is 25.8 Å². The standard InChI is InChI=1S/C18H12N2S/c1-3-7-15-13(5-1)9-11-19-17(15)21-18-16-8-4-2-6-14(16)10-12-20-18/h1-12H. The van der Waals surface area contributed by atoms with Crippen LogP contribution in [0.2, 0.25) is 0 Å². The molecule has 0 aliphatic carbocycles. The van der Waals surface area contributed by atoms with Crippen LogP contribution < -0.4 is 0 Å². The van der Waals surface area contributed by atoms with E-state index in [0.29, 0.717) is 0 Å². The molecule has 2 nitrogen and oxygen atoms in total. The number of nitrogens with zero attached hydrogens (tertiary/aromatic N) is 2. The van der Waals surface area contributed by atoms with Crippen LogP contribution in [0.5, 0.6) is 0 Å². The predicted molar refractivity (Wildman–Crippen MR) is 87.6 cm³/mol. The third kappa shape index (κ3) is 2.26. The van der Waals surface area contributed by atoms with Crippen molar-refractivity contribution in [2.45, 2.75) is 10.1 Å². The van der Waals surface area contributed by atoms with Crippen molar-refractivity contribution in [3.63, 3.8) is 0 Å². The molecule has 100 valence electrons. The Labute approximate surface area is 126 Å². The van der Waals surface area contributed by atoms with Gasteiger partial charge in [0.25, 0.3) is 0 Å². The summed E-state index contributed by atoms with van der Waals surface area (Å²) in [4.78, 5) is 9.06. The summed E-state index contributed by atoms with van der Waals surface area (Å²) in [5.41, 5.74) is 0. The third-order valence-corrected chi connectivity index (χ3v) is 4.50. The highest BCUT2D eigenvalue weighted by atomic mass is 32.2. The Morgan fingerprint density at radius 3 is 1.57 bits per heavy atom. The molecule has 2 aromatic heterocycles.